The van der Waals surface area contributed by atoms with Gasteiger partial charge >= 0.3 is 0 Å². The molecule has 0 aromatic rings. The number of ketones is 1. The van der Waals surface area contributed by atoms with E-state index in [-0.39, 0.29) is 0 Å². The second-order valence-corrected chi connectivity index (χ2v) is 6.45. The first-order valence-corrected chi connectivity index (χ1v) is 6.65. The van der Waals surface area contributed by atoms with E-state index in [1.165, 1.54) is 19.3 Å². The first-order chi connectivity index (χ1) is 7.11. The molecule has 3 saturated carbocycles. The maximum absolute atomic E-state index is 12.3. The van der Waals surface area contributed by atoms with Gasteiger partial charge in [0.05, 0.1) is 0 Å². The summed E-state index contributed by atoms with van der Waals surface area (Å²) in [7, 11) is 0. The zero-order valence-corrected chi connectivity index (χ0v) is 10.1. The molecule has 0 saturated heterocycles. The second-order valence-electron chi connectivity index (χ2n) is 6.45. The number of hydrogen-bond donors (Lipinski definition) is 0. The third-order valence-corrected chi connectivity index (χ3v) is 5.51. The van der Waals surface area contributed by atoms with Crippen LogP contribution in [-0.4, -0.2) is 5.78 Å². The maximum Gasteiger partial charge on any atom is 0.139 e. The molecule has 1 heteroatoms. The standard InChI is InChI=1S/C14H22O/c1-7(2)8(3)14(15)13-11-9-4-5-10(6-9)12(11)13/h7-13H,4-6H2,1-3H3. The van der Waals surface area contributed by atoms with Crippen LogP contribution in [0.2, 0.25) is 0 Å². The lowest BCUT2D eigenvalue weighted by atomic mass is 9.87. The minimum atomic E-state index is 0.292. The van der Waals surface area contributed by atoms with E-state index in [2.05, 4.69) is 20.8 Å². The molecule has 15 heavy (non-hydrogen) atoms. The van der Waals surface area contributed by atoms with Crippen molar-refractivity contribution in [1.82, 2.24) is 0 Å². The maximum atomic E-state index is 12.3. The molecule has 5 atom stereocenters. The SMILES string of the molecule is CC(C)C(C)C(=O)C1C2C3CCC(C3)C12. The molecule has 3 rings (SSSR count). The van der Waals surface area contributed by atoms with Gasteiger partial charge in [-0.1, -0.05) is 20.8 Å². The van der Waals surface area contributed by atoms with Crippen LogP contribution >= 0.6 is 0 Å². The highest BCUT2D eigenvalue weighted by molar-refractivity contribution is 5.87. The first-order valence-electron chi connectivity index (χ1n) is 6.65. The van der Waals surface area contributed by atoms with Crippen LogP contribution in [0.5, 0.6) is 0 Å². The molecule has 1 nitrogen and oxygen atoms in total. The molecular formula is C14H22O. The molecular weight excluding hydrogens is 184 g/mol. The van der Waals surface area contributed by atoms with Crippen molar-refractivity contribution >= 4 is 5.78 Å². The molecule has 2 bridgehead atoms. The summed E-state index contributed by atoms with van der Waals surface area (Å²) in [5.74, 6) is 5.44. The average molecular weight is 206 g/mol. The molecule has 0 heterocycles. The van der Waals surface area contributed by atoms with Gasteiger partial charge in [0.2, 0.25) is 0 Å². The Bertz CT molecular complexity index is 278. The summed E-state index contributed by atoms with van der Waals surface area (Å²) >= 11 is 0. The summed E-state index contributed by atoms with van der Waals surface area (Å²) < 4.78 is 0. The lowest BCUT2D eigenvalue weighted by molar-refractivity contribution is -0.125. The molecule has 0 amide bonds. The topological polar surface area (TPSA) is 17.1 Å². The molecule has 0 aromatic carbocycles. The second kappa shape index (κ2) is 3.09. The number of carbonyl (C=O) groups excluding carboxylic acids is 1. The fraction of sp³-hybridized carbons (Fsp3) is 0.929. The molecule has 0 radical (unpaired) electrons. The van der Waals surface area contributed by atoms with E-state index in [4.69, 9.17) is 0 Å². The van der Waals surface area contributed by atoms with E-state index in [9.17, 15) is 4.79 Å². The van der Waals surface area contributed by atoms with Gasteiger partial charge in [0.15, 0.2) is 0 Å². The van der Waals surface area contributed by atoms with Gasteiger partial charge in [0, 0.05) is 11.8 Å². The number of fused-ring (bicyclic) bond motifs is 5. The Morgan fingerprint density at radius 2 is 1.60 bits per heavy atom. The number of rotatable bonds is 3. The van der Waals surface area contributed by atoms with Gasteiger partial charge in [-0.15, -0.1) is 0 Å². The van der Waals surface area contributed by atoms with Crippen LogP contribution in [-0.2, 0) is 4.79 Å². The lowest BCUT2D eigenvalue weighted by Gasteiger charge is -2.16. The quantitative estimate of drug-likeness (QED) is 0.693. The molecule has 0 aliphatic heterocycles. The van der Waals surface area contributed by atoms with Crippen LogP contribution in [0.4, 0.5) is 0 Å². The van der Waals surface area contributed by atoms with Crippen molar-refractivity contribution in [2.24, 2.45) is 41.4 Å². The van der Waals surface area contributed by atoms with Gasteiger partial charge in [0.1, 0.15) is 5.78 Å². The Balaban J connectivity index is 1.70. The molecule has 3 fully saturated rings. The van der Waals surface area contributed by atoms with Crippen LogP contribution < -0.4 is 0 Å². The van der Waals surface area contributed by atoms with Crippen LogP contribution in [0.3, 0.4) is 0 Å². The molecule has 0 N–H and O–H groups in total. The molecule has 5 unspecified atom stereocenters. The van der Waals surface area contributed by atoms with Crippen molar-refractivity contribution in [3.8, 4) is 0 Å². The molecule has 3 aliphatic rings. The Kier molecular flexibility index (Phi) is 2.03. The number of Topliss-reactive ketones (excluding diaryl/α,β-unsaturated/α-hetero) is 1. The van der Waals surface area contributed by atoms with Crippen molar-refractivity contribution < 1.29 is 4.79 Å². The van der Waals surface area contributed by atoms with Crippen molar-refractivity contribution in [2.45, 2.75) is 40.0 Å². The predicted octanol–water partition coefficient (Wildman–Crippen LogP) is 3.14. The Hall–Kier alpha value is -0.330. The summed E-state index contributed by atoms with van der Waals surface area (Å²) in [6.07, 6.45) is 4.30. The zero-order valence-electron chi connectivity index (χ0n) is 10.1. The van der Waals surface area contributed by atoms with E-state index < -0.39 is 0 Å². The average Bonchev–Trinajstić information content (AvgIpc) is 2.64. The van der Waals surface area contributed by atoms with Crippen LogP contribution in [0.25, 0.3) is 0 Å². The van der Waals surface area contributed by atoms with Crippen molar-refractivity contribution in [3.05, 3.63) is 0 Å². The number of hydrogen-bond acceptors (Lipinski definition) is 1. The highest BCUT2D eigenvalue weighted by Gasteiger charge is 2.67. The fourth-order valence-corrected chi connectivity index (χ4v) is 4.34. The predicted molar refractivity (Wildman–Crippen MR) is 60.3 cm³/mol. The summed E-state index contributed by atoms with van der Waals surface area (Å²) in [5, 5.41) is 0. The van der Waals surface area contributed by atoms with E-state index in [0.29, 0.717) is 23.5 Å². The van der Waals surface area contributed by atoms with E-state index in [1.54, 1.807) is 0 Å². The van der Waals surface area contributed by atoms with E-state index in [1.807, 2.05) is 0 Å². The van der Waals surface area contributed by atoms with Gasteiger partial charge in [-0.2, -0.15) is 0 Å². The molecule has 0 spiro atoms. The largest absolute Gasteiger partial charge is 0.299 e. The summed E-state index contributed by atoms with van der Waals surface area (Å²) in [6, 6.07) is 0. The third kappa shape index (κ3) is 1.24. The van der Waals surface area contributed by atoms with Crippen molar-refractivity contribution in [2.75, 3.05) is 0 Å². The van der Waals surface area contributed by atoms with Gasteiger partial charge in [0.25, 0.3) is 0 Å². The summed E-state index contributed by atoms with van der Waals surface area (Å²) in [5.41, 5.74) is 0. The summed E-state index contributed by atoms with van der Waals surface area (Å²) in [4.78, 5) is 12.3. The van der Waals surface area contributed by atoms with Gasteiger partial charge in [-0.25, -0.2) is 0 Å². The minimum Gasteiger partial charge on any atom is -0.299 e. The highest BCUT2D eigenvalue weighted by Crippen LogP contribution is 2.70. The zero-order chi connectivity index (χ0) is 10.7. The van der Waals surface area contributed by atoms with Gasteiger partial charge in [-0.3, -0.25) is 4.79 Å². The van der Waals surface area contributed by atoms with Gasteiger partial charge < -0.3 is 0 Å². The minimum absolute atomic E-state index is 0.292. The Morgan fingerprint density at radius 1 is 1.07 bits per heavy atom. The highest BCUT2D eigenvalue weighted by atomic mass is 16.1. The number of carbonyl (C=O) groups is 1. The smallest absolute Gasteiger partial charge is 0.139 e. The van der Waals surface area contributed by atoms with Crippen molar-refractivity contribution in [3.63, 3.8) is 0 Å². The van der Waals surface area contributed by atoms with Crippen LogP contribution in [0, 0.1) is 41.4 Å². The normalized spacial score (nSPS) is 48.1. The van der Waals surface area contributed by atoms with Crippen LogP contribution in [0.1, 0.15) is 40.0 Å². The Labute approximate surface area is 92.6 Å². The van der Waals surface area contributed by atoms with Gasteiger partial charge in [-0.05, 0) is 48.9 Å². The monoisotopic (exact) mass is 206 g/mol. The Morgan fingerprint density at radius 3 is 2.07 bits per heavy atom. The van der Waals surface area contributed by atoms with Crippen molar-refractivity contribution in [1.29, 1.82) is 0 Å². The first kappa shape index (κ1) is 9.86. The van der Waals surface area contributed by atoms with Crippen LogP contribution in [0.15, 0.2) is 0 Å². The molecule has 3 aliphatic carbocycles. The lowest BCUT2D eigenvalue weighted by Crippen LogP contribution is -2.21. The van der Waals surface area contributed by atoms with E-state index in [0.717, 1.165) is 23.7 Å². The summed E-state index contributed by atoms with van der Waals surface area (Å²) in [6.45, 7) is 6.48. The fourth-order valence-electron chi connectivity index (χ4n) is 4.34. The van der Waals surface area contributed by atoms with E-state index >= 15 is 0 Å². The molecule has 0 aromatic heterocycles. The molecule has 84 valence electrons. The third-order valence-electron chi connectivity index (χ3n) is 5.51.